The lowest BCUT2D eigenvalue weighted by Crippen LogP contribution is -2.68. The first-order chi connectivity index (χ1) is 9.43. The van der Waals surface area contributed by atoms with Crippen molar-refractivity contribution in [3.63, 3.8) is 0 Å². The Bertz CT molecular complexity index is 499. The van der Waals surface area contributed by atoms with E-state index >= 15 is 0 Å². The van der Waals surface area contributed by atoms with Gasteiger partial charge in [0.2, 0.25) is 5.91 Å². The number of likely N-dealkylation sites (N-methyl/N-ethyl adjacent to an activating group) is 1. The van der Waals surface area contributed by atoms with Crippen LogP contribution in [0.15, 0.2) is 11.3 Å². The Labute approximate surface area is 122 Å². The molecule has 7 heteroatoms. The third-order valence-electron chi connectivity index (χ3n) is 4.51. The summed E-state index contributed by atoms with van der Waals surface area (Å²) in [5, 5.41) is 9.29. The molecular formula is C13H20N3O3S+. The van der Waals surface area contributed by atoms with Crippen LogP contribution in [0, 0.1) is 0 Å². The number of nitrogens with two attached hydrogens (primary N) is 1. The van der Waals surface area contributed by atoms with Gasteiger partial charge in [0.05, 0.1) is 20.1 Å². The predicted octanol–water partition coefficient (Wildman–Crippen LogP) is -0.192. The van der Waals surface area contributed by atoms with Gasteiger partial charge in [0.15, 0.2) is 0 Å². The molecule has 0 unspecified atom stereocenters. The van der Waals surface area contributed by atoms with Crippen LogP contribution in [0.1, 0.15) is 12.8 Å². The van der Waals surface area contributed by atoms with Crippen molar-refractivity contribution in [2.45, 2.75) is 24.3 Å². The van der Waals surface area contributed by atoms with E-state index in [1.54, 1.807) is 11.8 Å². The number of quaternary nitrogens is 1. The molecule has 3 aliphatic rings. The first-order valence-corrected chi connectivity index (χ1v) is 7.97. The molecule has 0 saturated carbocycles. The topological polar surface area (TPSA) is 83.6 Å². The van der Waals surface area contributed by atoms with Crippen molar-refractivity contribution in [2.24, 2.45) is 5.73 Å². The Morgan fingerprint density at radius 3 is 2.75 bits per heavy atom. The third-order valence-corrected chi connectivity index (χ3v) is 5.87. The number of hydrogen-bond acceptors (Lipinski definition) is 4. The van der Waals surface area contributed by atoms with Crippen LogP contribution in [0.2, 0.25) is 0 Å². The lowest BCUT2D eigenvalue weighted by molar-refractivity contribution is -0.893. The summed E-state index contributed by atoms with van der Waals surface area (Å²) in [7, 11) is 2.17. The summed E-state index contributed by atoms with van der Waals surface area (Å²) in [6.45, 7) is 2.89. The maximum absolute atomic E-state index is 11.9. The second-order valence-electron chi connectivity index (χ2n) is 6.12. The Morgan fingerprint density at radius 2 is 2.15 bits per heavy atom. The average molecular weight is 298 g/mol. The van der Waals surface area contributed by atoms with Crippen molar-refractivity contribution < 1.29 is 19.2 Å². The summed E-state index contributed by atoms with van der Waals surface area (Å²) in [6.07, 6.45) is 2.38. The highest BCUT2D eigenvalue weighted by atomic mass is 32.2. The van der Waals surface area contributed by atoms with Gasteiger partial charge in [0, 0.05) is 24.2 Å². The molecule has 2 saturated heterocycles. The van der Waals surface area contributed by atoms with Gasteiger partial charge < -0.3 is 15.3 Å². The van der Waals surface area contributed by atoms with Gasteiger partial charge in [-0.1, -0.05) is 0 Å². The zero-order chi connectivity index (χ0) is 14.5. The van der Waals surface area contributed by atoms with Crippen molar-refractivity contribution in [1.82, 2.24) is 4.90 Å². The van der Waals surface area contributed by atoms with E-state index in [9.17, 15) is 14.7 Å². The van der Waals surface area contributed by atoms with E-state index in [1.165, 1.54) is 17.7 Å². The molecule has 3 rings (SSSR count). The normalized spacial score (nSPS) is 32.1. The number of rotatable bonds is 3. The first kappa shape index (κ1) is 13.9. The minimum Gasteiger partial charge on any atom is -0.477 e. The summed E-state index contributed by atoms with van der Waals surface area (Å²) in [5.41, 5.74) is 6.81. The molecule has 6 nitrogen and oxygen atoms in total. The molecule has 110 valence electrons. The van der Waals surface area contributed by atoms with Crippen LogP contribution >= 0.6 is 11.8 Å². The lowest BCUT2D eigenvalue weighted by atomic mass is 10.0. The van der Waals surface area contributed by atoms with E-state index in [1.807, 2.05) is 0 Å². The number of nitrogens with zero attached hydrogens (tertiary/aromatic N) is 2. The van der Waals surface area contributed by atoms with Gasteiger partial charge in [0.25, 0.3) is 0 Å². The quantitative estimate of drug-likeness (QED) is 0.557. The van der Waals surface area contributed by atoms with Gasteiger partial charge in [-0.2, -0.15) is 0 Å². The van der Waals surface area contributed by atoms with E-state index < -0.39 is 12.0 Å². The largest absolute Gasteiger partial charge is 0.477 e. The fourth-order valence-electron chi connectivity index (χ4n) is 3.42. The zero-order valence-electron chi connectivity index (χ0n) is 11.5. The average Bonchev–Trinajstić information content (AvgIpc) is 2.83. The van der Waals surface area contributed by atoms with Crippen LogP contribution in [0.5, 0.6) is 0 Å². The first-order valence-electron chi connectivity index (χ1n) is 6.92. The second-order valence-corrected chi connectivity index (χ2v) is 7.23. The number of fused-ring (bicyclic) bond motifs is 1. The molecule has 3 heterocycles. The third kappa shape index (κ3) is 2.04. The molecule has 3 aliphatic heterocycles. The molecule has 0 radical (unpaired) electrons. The standard InChI is InChI=1S/C13H19N3O3S/c1-16(4-2-3-5-16)6-8-7-20-12-9(14)11(17)15(12)10(8)13(18)19/h9,12H,2-7,14H2,1H3/p+1/t9-,12-/m1/s1. The van der Waals surface area contributed by atoms with Crippen LogP contribution in [0.3, 0.4) is 0 Å². The van der Waals surface area contributed by atoms with Crippen molar-refractivity contribution in [2.75, 3.05) is 32.4 Å². The minimum absolute atomic E-state index is 0.187. The number of hydrogen-bond donors (Lipinski definition) is 2. The van der Waals surface area contributed by atoms with E-state index in [4.69, 9.17) is 5.73 Å². The predicted molar refractivity (Wildman–Crippen MR) is 75.7 cm³/mol. The zero-order valence-corrected chi connectivity index (χ0v) is 12.4. The molecule has 0 aromatic heterocycles. The molecule has 1 amide bonds. The lowest BCUT2D eigenvalue weighted by Gasteiger charge is -2.48. The molecule has 20 heavy (non-hydrogen) atoms. The fraction of sp³-hybridized carbons (Fsp3) is 0.692. The van der Waals surface area contributed by atoms with E-state index in [0.717, 1.165) is 29.7 Å². The van der Waals surface area contributed by atoms with Gasteiger partial charge >= 0.3 is 5.97 Å². The molecular weight excluding hydrogens is 278 g/mol. The number of likely N-dealkylation sites (tertiary alicyclic amines) is 1. The highest BCUT2D eigenvalue weighted by Gasteiger charge is 2.52. The molecule has 0 aliphatic carbocycles. The number of carbonyl (C=O) groups excluding carboxylic acids is 1. The van der Waals surface area contributed by atoms with Gasteiger partial charge in [-0.25, -0.2) is 4.79 Å². The van der Waals surface area contributed by atoms with Crippen molar-refractivity contribution in [3.8, 4) is 0 Å². The number of β-lactam (4-membered cyclic amide) rings is 1. The molecule has 0 spiro atoms. The SMILES string of the molecule is C[N+]1(CC2=C(C(=O)O)N3C(=O)[C@@H](N)[C@H]3SC2)CCCC1. The maximum Gasteiger partial charge on any atom is 0.352 e. The summed E-state index contributed by atoms with van der Waals surface area (Å²) >= 11 is 1.59. The summed E-state index contributed by atoms with van der Waals surface area (Å²) < 4.78 is 0.880. The Kier molecular flexibility index (Phi) is 3.30. The number of carbonyl (C=O) groups is 2. The van der Waals surface area contributed by atoms with E-state index in [-0.39, 0.29) is 17.0 Å². The van der Waals surface area contributed by atoms with Gasteiger partial charge in [-0.05, 0) is 0 Å². The number of aliphatic carboxylic acids is 1. The van der Waals surface area contributed by atoms with Gasteiger partial charge in [-0.15, -0.1) is 11.8 Å². The summed E-state index contributed by atoms with van der Waals surface area (Å²) in [4.78, 5) is 24.8. The Hall–Kier alpha value is -1.05. The molecule has 3 N–H and O–H groups in total. The monoisotopic (exact) mass is 298 g/mol. The van der Waals surface area contributed by atoms with Crippen molar-refractivity contribution in [1.29, 1.82) is 0 Å². The van der Waals surface area contributed by atoms with Crippen molar-refractivity contribution in [3.05, 3.63) is 11.3 Å². The molecule has 2 fully saturated rings. The molecule has 0 bridgehead atoms. The Morgan fingerprint density at radius 1 is 1.50 bits per heavy atom. The van der Waals surface area contributed by atoms with Crippen LogP contribution in [0.25, 0.3) is 0 Å². The number of carboxylic acid groups (broad SMARTS) is 1. The van der Waals surface area contributed by atoms with Crippen LogP contribution < -0.4 is 5.73 Å². The Balaban J connectivity index is 1.90. The highest BCUT2D eigenvalue weighted by molar-refractivity contribution is 8.00. The smallest absolute Gasteiger partial charge is 0.352 e. The number of carboxylic acids is 1. The van der Waals surface area contributed by atoms with Crippen molar-refractivity contribution >= 4 is 23.6 Å². The van der Waals surface area contributed by atoms with Crippen LogP contribution in [-0.2, 0) is 9.59 Å². The van der Waals surface area contributed by atoms with E-state index in [0.29, 0.717) is 5.75 Å². The van der Waals surface area contributed by atoms with Crippen LogP contribution in [0.4, 0.5) is 0 Å². The van der Waals surface area contributed by atoms with E-state index in [2.05, 4.69) is 7.05 Å². The summed E-state index contributed by atoms with van der Waals surface area (Å²) in [5.74, 6) is -0.602. The maximum atomic E-state index is 11.9. The minimum atomic E-state index is -1.00. The van der Waals surface area contributed by atoms with Crippen LogP contribution in [-0.4, -0.2) is 70.2 Å². The molecule has 0 aromatic carbocycles. The second kappa shape index (κ2) is 4.75. The van der Waals surface area contributed by atoms with Gasteiger partial charge in [-0.3, -0.25) is 9.69 Å². The fourth-order valence-corrected chi connectivity index (χ4v) is 4.70. The highest BCUT2D eigenvalue weighted by Crippen LogP contribution is 2.40. The molecule has 0 aromatic rings. The number of thioether (sulfide) groups is 1. The summed E-state index contributed by atoms with van der Waals surface area (Å²) in [6, 6.07) is -0.549. The molecule has 2 atom stereocenters. The van der Waals surface area contributed by atoms with Gasteiger partial charge in [0.1, 0.15) is 23.7 Å². The number of amides is 1.